The summed E-state index contributed by atoms with van der Waals surface area (Å²) in [6.07, 6.45) is 4.89. The Morgan fingerprint density at radius 1 is 1.47 bits per heavy atom. The molecule has 1 heterocycles. The number of halogens is 2. The number of imidazole rings is 1. The zero-order valence-electron chi connectivity index (χ0n) is 11.1. The molecule has 0 aliphatic heterocycles. The molecule has 0 radical (unpaired) electrons. The second-order valence-corrected chi connectivity index (χ2v) is 6.79. The van der Waals surface area contributed by atoms with Gasteiger partial charge < -0.3 is 4.57 Å². The number of nitrogens with zero attached hydrogens (tertiary/aromatic N) is 2. The Kier molecular flexibility index (Phi) is 3.86. The van der Waals surface area contributed by atoms with Crippen molar-refractivity contribution < 1.29 is 0 Å². The average molecular weight is 342 g/mol. The van der Waals surface area contributed by atoms with E-state index in [1.165, 1.54) is 24.8 Å². The highest BCUT2D eigenvalue weighted by Crippen LogP contribution is 2.38. The summed E-state index contributed by atoms with van der Waals surface area (Å²) in [5.41, 5.74) is 2.30. The Balaban J connectivity index is 2.04. The molecule has 0 saturated heterocycles. The van der Waals surface area contributed by atoms with Crippen molar-refractivity contribution in [2.75, 3.05) is 5.88 Å². The minimum absolute atomic E-state index is 0.511. The highest BCUT2D eigenvalue weighted by Gasteiger charge is 2.26. The quantitative estimate of drug-likeness (QED) is 0.704. The summed E-state index contributed by atoms with van der Waals surface area (Å²) in [6.45, 7) is 2.30. The van der Waals surface area contributed by atoms with E-state index in [1.807, 2.05) is 0 Å². The van der Waals surface area contributed by atoms with Crippen molar-refractivity contribution in [2.24, 2.45) is 5.92 Å². The molecule has 1 fully saturated rings. The Morgan fingerprint density at radius 3 is 2.95 bits per heavy atom. The van der Waals surface area contributed by atoms with Crippen molar-refractivity contribution >= 4 is 38.6 Å². The average Bonchev–Trinajstić information content (AvgIpc) is 3.09. The fourth-order valence-corrected chi connectivity index (χ4v) is 3.33. The highest BCUT2D eigenvalue weighted by atomic mass is 79.9. The number of aryl methyl sites for hydroxylation is 1. The molecule has 4 heteroatoms. The molecule has 1 atom stereocenters. The molecule has 1 aliphatic rings. The van der Waals surface area contributed by atoms with E-state index >= 15 is 0 Å². The summed E-state index contributed by atoms with van der Waals surface area (Å²) in [5, 5.41) is 0. The van der Waals surface area contributed by atoms with Crippen LogP contribution < -0.4 is 0 Å². The molecule has 1 unspecified atom stereocenters. The number of aromatic nitrogens is 2. The first-order valence-corrected chi connectivity index (χ1v) is 8.24. The van der Waals surface area contributed by atoms with Gasteiger partial charge in [0.15, 0.2) is 0 Å². The predicted molar refractivity (Wildman–Crippen MR) is 83.9 cm³/mol. The summed E-state index contributed by atoms with van der Waals surface area (Å²) >= 11 is 9.44. The van der Waals surface area contributed by atoms with Crippen LogP contribution in [-0.2, 0) is 6.42 Å². The predicted octanol–water partition coefficient (Wildman–Crippen LogP) is 4.94. The van der Waals surface area contributed by atoms with E-state index in [0.29, 0.717) is 11.9 Å². The van der Waals surface area contributed by atoms with Crippen molar-refractivity contribution in [3.63, 3.8) is 0 Å². The second-order valence-electron chi connectivity index (χ2n) is 5.50. The van der Waals surface area contributed by atoms with Crippen LogP contribution in [0.5, 0.6) is 0 Å². The molecule has 0 spiro atoms. The zero-order chi connectivity index (χ0) is 13.4. The summed E-state index contributed by atoms with van der Waals surface area (Å²) in [5.74, 6) is 2.67. The number of fused-ring (bicyclic) bond motifs is 1. The third-order valence-electron chi connectivity index (χ3n) is 3.85. The fraction of sp³-hybridized carbons (Fsp3) is 0.533. The molecule has 0 N–H and O–H groups in total. The lowest BCUT2D eigenvalue weighted by molar-refractivity contribution is 0.473. The first-order valence-electron chi connectivity index (χ1n) is 6.91. The Bertz CT molecular complexity index is 589. The third-order valence-corrected chi connectivity index (χ3v) is 4.54. The molecule has 2 nitrogen and oxygen atoms in total. The van der Waals surface area contributed by atoms with Gasteiger partial charge in [0.1, 0.15) is 5.82 Å². The standard InChI is InChI=1S/C15H18BrClN2/c1-10(8-11-2-3-11)19-14-5-4-12(16)9-13(14)18-15(19)6-7-17/h4-5,9-11H,2-3,6-8H2,1H3. The largest absolute Gasteiger partial charge is 0.325 e. The van der Waals surface area contributed by atoms with Crippen LogP contribution in [0.1, 0.15) is 38.1 Å². The van der Waals surface area contributed by atoms with Gasteiger partial charge in [-0.3, -0.25) is 0 Å². The van der Waals surface area contributed by atoms with Crippen LogP contribution in [0.4, 0.5) is 0 Å². The van der Waals surface area contributed by atoms with E-state index in [2.05, 4.69) is 45.6 Å². The van der Waals surface area contributed by atoms with Gasteiger partial charge >= 0.3 is 0 Å². The molecule has 1 aliphatic carbocycles. The maximum absolute atomic E-state index is 5.93. The van der Waals surface area contributed by atoms with Crippen molar-refractivity contribution in [3.05, 3.63) is 28.5 Å². The van der Waals surface area contributed by atoms with Gasteiger partial charge in [-0.25, -0.2) is 4.98 Å². The van der Waals surface area contributed by atoms with E-state index in [4.69, 9.17) is 16.6 Å². The van der Waals surface area contributed by atoms with E-state index in [-0.39, 0.29) is 0 Å². The molecule has 102 valence electrons. The Hall–Kier alpha value is -0.540. The normalized spacial score (nSPS) is 17.0. The smallest absolute Gasteiger partial charge is 0.111 e. The van der Waals surface area contributed by atoms with Crippen molar-refractivity contribution in [2.45, 2.75) is 38.6 Å². The van der Waals surface area contributed by atoms with Gasteiger partial charge in [-0.2, -0.15) is 0 Å². The van der Waals surface area contributed by atoms with Gasteiger partial charge in [-0.15, -0.1) is 11.6 Å². The first-order chi connectivity index (χ1) is 9.19. The molecule has 0 bridgehead atoms. The first kappa shape index (κ1) is 13.4. The molecule has 1 aromatic heterocycles. The van der Waals surface area contributed by atoms with E-state index < -0.39 is 0 Å². The fourth-order valence-electron chi connectivity index (χ4n) is 2.82. The number of alkyl halides is 1. The van der Waals surface area contributed by atoms with Crippen LogP contribution in [-0.4, -0.2) is 15.4 Å². The van der Waals surface area contributed by atoms with Crippen molar-refractivity contribution in [3.8, 4) is 0 Å². The van der Waals surface area contributed by atoms with E-state index in [1.54, 1.807) is 0 Å². The van der Waals surface area contributed by atoms with Gasteiger partial charge in [0, 0.05) is 22.8 Å². The van der Waals surface area contributed by atoms with Crippen LogP contribution in [0.2, 0.25) is 0 Å². The molecule has 2 aromatic rings. The molecule has 1 saturated carbocycles. The molecule has 1 aromatic carbocycles. The molecular weight excluding hydrogens is 324 g/mol. The van der Waals surface area contributed by atoms with Crippen LogP contribution in [0, 0.1) is 5.92 Å². The lowest BCUT2D eigenvalue weighted by Crippen LogP contribution is -2.10. The summed E-state index contributed by atoms with van der Waals surface area (Å²) < 4.78 is 3.47. The maximum Gasteiger partial charge on any atom is 0.111 e. The topological polar surface area (TPSA) is 17.8 Å². The highest BCUT2D eigenvalue weighted by molar-refractivity contribution is 9.10. The van der Waals surface area contributed by atoms with Crippen LogP contribution in [0.15, 0.2) is 22.7 Å². The maximum atomic E-state index is 5.93. The van der Waals surface area contributed by atoms with Gasteiger partial charge in [0.25, 0.3) is 0 Å². The summed E-state index contributed by atoms with van der Waals surface area (Å²) in [4.78, 5) is 4.76. The number of benzene rings is 1. The van der Waals surface area contributed by atoms with Gasteiger partial charge in [0.05, 0.1) is 11.0 Å². The molecule has 19 heavy (non-hydrogen) atoms. The zero-order valence-corrected chi connectivity index (χ0v) is 13.4. The second kappa shape index (κ2) is 5.45. The Morgan fingerprint density at radius 2 is 2.26 bits per heavy atom. The van der Waals surface area contributed by atoms with E-state index in [9.17, 15) is 0 Å². The minimum Gasteiger partial charge on any atom is -0.325 e. The van der Waals surface area contributed by atoms with Crippen LogP contribution >= 0.6 is 27.5 Å². The van der Waals surface area contributed by atoms with Gasteiger partial charge in [-0.05, 0) is 37.5 Å². The van der Waals surface area contributed by atoms with E-state index in [0.717, 1.165) is 28.2 Å². The van der Waals surface area contributed by atoms with Crippen LogP contribution in [0.3, 0.4) is 0 Å². The van der Waals surface area contributed by atoms with Crippen molar-refractivity contribution in [1.29, 1.82) is 0 Å². The van der Waals surface area contributed by atoms with Gasteiger partial charge in [0.2, 0.25) is 0 Å². The van der Waals surface area contributed by atoms with Gasteiger partial charge in [-0.1, -0.05) is 28.8 Å². The number of rotatable bonds is 5. The van der Waals surface area contributed by atoms with Crippen LogP contribution in [0.25, 0.3) is 11.0 Å². The SMILES string of the molecule is CC(CC1CC1)n1c(CCCl)nc2cc(Br)ccc21. The molecule has 0 amide bonds. The summed E-state index contributed by atoms with van der Waals surface area (Å²) in [7, 11) is 0. The van der Waals surface area contributed by atoms with Crippen molar-refractivity contribution in [1.82, 2.24) is 9.55 Å². The minimum atomic E-state index is 0.511. The number of hydrogen-bond acceptors (Lipinski definition) is 1. The Labute approximate surface area is 127 Å². The molecule has 3 rings (SSSR count). The lowest BCUT2D eigenvalue weighted by Gasteiger charge is -2.17. The lowest BCUT2D eigenvalue weighted by atomic mass is 10.1. The number of hydrogen-bond donors (Lipinski definition) is 0. The monoisotopic (exact) mass is 340 g/mol. The summed E-state index contributed by atoms with van der Waals surface area (Å²) in [6, 6.07) is 6.85. The third kappa shape index (κ3) is 2.82. The molecular formula is C15H18BrClN2.